The molecule has 0 fully saturated rings. The van der Waals surface area contributed by atoms with Gasteiger partial charge in [0, 0.05) is 6.20 Å². The first-order valence-electron chi connectivity index (χ1n) is 3.48. The Morgan fingerprint density at radius 3 is 2.91 bits per heavy atom. The molecule has 1 aromatic heterocycles. The van der Waals surface area contributed by atoms with Crippen LogP contribution in [-0.4, -0.2) is 10.8 Å². The lowest BCUT2D eigenvalue weighted by atomic mass is 10.5. The summed E-state index contributed by atoms with van der Waals surface area (Å²) in [6.07, 6.45) is 1.81. The largest absolute Gasteiger partial charge is 0.411 e. The molecule has 0 radical (unpaired) electrons. The van der Waals surface area contributed by atoms with E-state index in [1.807, 2.05) is 19.9 Å². The summed E-state index contributed by atoms with van der Waals surface area (Å²) in [4.78, 5) is 5.27. The minimum absolute atomic E-state index is 0.0921. The van der Waals surface area contributed by atoms with Gasteiger partial charge < -0.3 is 4.84 Å². The Hall–Kier alpha value is -1.43. The Bertz CT molecular complexity index is 270. The highest BCUT2D eigenvalue weighted by Crippen LogP contribution is 1.98. The fourth-order valence-corrected chi connectivity index (χ4v) is 0.772. The SMILES string of the molecule is CC(C)On1cccc1C#N. The summed E-state index contributed by atoms with van der Waals surface area (Å²) >= 11 is 0. The second kappa shape index (κ2) is 3.11. The molecule has 0 bridgehead atoms. The molecule has 0 aliphatic heterocycles. The zero-order chi connectivity index (χ0) is 8.27. The van der Waals surface area contributed by atoms with Crippen molar-refractivity contribution in [1.29, 1.82) is 5.26 Å². The molecule has 0 saturated heterocycles. The number of nitriles is 1. The van der Waals surface area contributed by atoms with E-state index in [-0.39, 0.29) is 6.10 Å². The third-order valence-corrected chi connectivity index (χ3v) is 1.15. The van der Waals surface area contributed by atoms with Gasteiger partial charge in [-0.05, 0) is 26.0 Å². The van der Waals surface area contributed by atoms with Crippen molar-refractivity contribution in [3.63, 3.8) is 0 Å². The predicted octanol–water partition coefficient (Wildman–Crippen LogP) is 1.20. The third kappa shape index (κ3) is 1.74. The summed E-state index contributed by atoms with van der Waals surface area (Å²) in [6, 6.07) is 5.51. The average molecular weight is 150 g/mol. The van der Waals surface area contributed by atoms with Gasteiger partial charge >= 0.3 is 0 Å². The van der Waals surface area contributed by atoms with Crippen LogP contribution in [0.25, 0.3) is 0 Å². The summed E-state index contributed by atoms with van der Waals surface area (Å²) in [5.41, 5.74) is 0.527. The monoisotopic (exact) mass is 150 g/mol. The van der Waals surface area contributed by atoms with Crippen LogP contribution in [0.2, 0.25) is 0 Å². The molecule has 0 aliphatic carbocycles. The summed E-state index contributed by atoms with van der Waals surface area (Å²) in [6.45, 7) is 3.84. The smallest absolute Gasteiger partial charge is 0.156 e. The zero-order valence-electron chi connectivity index (χ0n) is 6.61. The number of nitrogens with zero attached hydrogens (tertiary/aromatic N) is 2. The first-order chi connectivity index (χ1) is 5.24. The molecule has 1 rings (SSSR count). The normalized spacial score (nSPS) is 9.64. The van der Waals surface area contributed by atoms with Crippen molar-refractivity contribution < 1.29 is 4.84 Å². The maximum absolute atomic E-state index is 8.57. The van der Waals surface area contributed by atoms with Gasteiger partial charge in [0.2, 0.25) is 0 Å². The average Bonchev–Trinajstić information content (AvgIpc) is 2.34. The van der Waals surface area contributed by atoms with Crippen LogP contribution >= 0.6 is 0 Å². The van der Waals surface area contributed by atoms with Gasteiger partial charge in [0.1, 0.15) is 12.2 Å². The molecule has 0 amide bonds. The van der Waals surface area contributed by atoms with E-state index in [2.05, 4.69) is 0 Å². The fourth-order valence-electron chi connectivity index (χ4n) is 0.772. The second-order valence-electron chi connectivity index (χ2n) is 2.49. The van der Waals surface area contributed by atoms with Gasteiger partial charge in [0.15, 0.2) is 5.69 Å². The fraction of sp³-hybridized carbons (Fsp3) is 0.375. The molecule has 0 spiro atoms. The highest BCUT2D eigenvalue weighted by Gasteiger charge is 2.00. The summed E-state index contributed by atoms with van der Waals surface area (Å²) in [7, 11) is 0. The molecule has 11 heavy (non-hydrogen) atoms. The Morgan fingerprint density at radius 2 is 2.36 bits per heavy atom. The van der Waals surface area contributed by atoms with Crippen LogP contribution in [0, 0.1) is 11.3 Å². The topological polar surface area (TPSA) is 38.0 Å². The molecule has 0 unspecified atom stereocenters. The summed E-state index contributed by atoms with van der Waals surface area (Å²) < 4.78 is 1.48. The number of aromatic nitrogens is 1. The van der Waals surface area contributed by atoms with E-state index < -0.39 is 0 Å². The van der Waals surface area contributed by atoms with Gasteiger partial charge in [-0.25, -0.2) is 0 Å². The first-order valence-corrected chi connectivity index (χ1v) is 3.48. The van der Waals surface area contributed by atoms with Crippen molar-refractivity contribution in [3.8, 4) is 6.07 Å². The van der Waals surface area contributed by atoms with Crippen LogP contribution < -0.4 is 4.84 Å². The van der Waals surface area contributed by atoms with E-state index in [0.717, 1.165) is 0 Å². The van der Waals surface area contributed by atoms with Gasteiger partial charge in [-0.15, -0.1) is 0 Å². The number of hydrogen-bond donors (Lipinski definition) is 0. The van der Waals surface area contributed by atoms with E-state index in [1.165, 1.54) is 4.73 Å². The van der Waals surface area contributed by atoms with Gasteiger partial charge in [-0.3, -0.25) is 0 Å². The van der Waals surface area contributed by atoms with E-state index in [1.54, 1.807) is 18.3 Å². The van der Waals surface area contributed by atoms with Gasteiger partial charge in [-0.2, -0.15) is 9.99 Å². The molecule has 0 atom stereocenters. The van der Waals surface area contributed by atoms with Crippen LogP contribution in [0.1, 0.15) is 19.5 Å². The molecule has 3 heteroatoms. The lowest BCUT2D eigenvalue weighted by Crippen LogP contribution is -2.19. The highest BCUT2D eigenvalue weighted by atomic mass is 16.7. The van der Waals surface area contributed by atoms with E-state index in [0.29, 0.717) is 5.69 Å². The van der Waals surface area contributed by atoms with Crippen LogP contribution in [-0.2, 0) is 0 Å². The lowest BCUT2D eigenvalue weighted by molar-refractivity contribution is 0.0589. The van der Waals surface area contributed by atoms with Gasteiger partial charge in [-0.1, -0.05) is 0 Å². The Morgan fingerprint density at radius 1 is 1.64 bits per heavy atom. The van der Waals surface area contributed by atoms with Crippen molar-refractivity contribution >= 4 is 0 Å². The molecule has 1 heterocycles. The van der Waals surface area contributed by atoms with E-state index >= 15 is 0 Å². The van der Waals surface area contributed by atoms with Crippen molar-refractivity contribution in [1.82, 2.24) is 4.73 Å². The Balaban J connectivity index is 2.79. The summed E-state index contributed by atoms with van der Waals surface area (Å²) in [5, 5.41) is 8.57. The quantitative estimate of drug-likeness (QED) is 0.635. The molecule has 1 aromatic rings. The first kappa shape index (κ1) is 7.67. The van der Waals surface area contributed by atoms with Gasteiger partial charge in [0.25, 0.3) is 0 Å². The van der Waals surface area contributed by atoms with Crippen LogP contribution in [0.4, 0.5) is 0 Å². The van der Waals surface area contributed by atoms with Gasteiger partial charge in [0.05, 0.1) is 0 Å². The molecule has 0 N–H and O–H groups in total. The molecular weight excluding hydrogens is 140 g/mol. The molecule has 58 valence electrons. The minimum atomic E-state index is 0.0921. The predicted molar refractivity (Wildman–Crippen MR) is 40.9 cm³/mol. The minimum Gasteiger partial charge on any atom is -0.411 e. The standard InChI is InChI=1S/C8H10N2O/c1-7(2)11-10-5-3-4-8(10)6-9/h3-5,7H,1-2H3. The Labute approximate surface area is 65.8 Å². The van der Waals surface area contributed by atoms with Crippen molar-refractivity contribution in [3.05, 3.63) is 24.0 Å². The molecule has 0 aromatic carbocycles. The Kier molecular flexibility index (Phi) is 2.17. The molecule has 3 nitrogen and oxygen atoms in total. The summed E-state index contributed by atoms with van der Waals surface area (Å²) in [5.74, 6) is 0. The molecular formula is C8H10N2O. The van der Waals surface area contributed by atoms with Crippen molar-refractivity contribution in [2.45, 2.75) is 20.0 Å². The molecule has 0 aliphatic rings. The highest BCUT2D eigenvalue weighted by molar-refractivity contribution is 5.20. The second-order valence-corrected chi connectivity index (χ2v) is 2.49. The van der Waals surface area contributed by atoms with Crippen LogP contribution in [0.5, 0.6) is 0 Å². The maximum atomic E-state index is 8.57. The van der Waals surface area contributed by atoms with Crippen molar-refractivity contribution in [2.24, 2.45) is 0 Å². The van der Waals surface area contributed by atoms with Crippen LogP contribution in [0.15, 0.2) is 18.3 Å². The number of hydrogen-bond acceptors (Lipinski definition) is 2. The van der Waals surface area contributed by atoms with Crippen LogP contribution in [0.3, 0.4) is 0 Å². The third-order valence-electron chi connectivity index (χ3n) is 1.15. The number of rotatable bonds is 2. The van der Waals surface area contributed by atoms with E-state index in [4.69, 9.17) is 10.1 Å². The zero-order valence-corrected chi connectivity index (χ0v) is 6.61. The molecule has 0 saturated carbocycles. The van der Waals surface area contributed by atoms with Crippen molar-refractivity contribution in [2.75, 3.05) is 0 Å². The maximum Gasteiger partial charge on any atom is 0.156 e. The lowest BCUT2D eigenvalue weighted by Gasteiger charge is -2.10. The van der Waals surface area contributed by atoms with E-state index in [9.17, 15) is 0 Å².